The van der Waals surface area contributed by atoms with Gasteiger partial charge in [0, 0.05) is 17.6 Å². The van der Waals surface area contributed by atoms with Gasteiger partial charge >= 0.3 is 0 Å². The van der Waals surface area contributed by atoms with Crippen LogP contribution in [0.1, 0.15) is 43.1 Å². The maximum atomic E-state index is 12.7. The Bertz CT molecular complexity index is 839. The van der Waals surface area contributed by atoms with Crippen LogP contribution in [0.25, 0.3) is 17.1 Å². The Morgan fingerprint density at radius 3 is 2.69 bits per heavy atom. The number of hydrogen-bond acceptors (Lipinski definition) is 3. The van der Waals surface area contributed by atoms with Gasteiger partial charge in [-0.15, -0.1) is 0 Å². The van der Waals surface area contributed by atoms with Crippen LogP contribution >= 0.6 is 11.6 Å². The maximum Gasteiger partial charge on any atom is 0.270 e. The lowest BCUT2D eigenvalue weighted by molar-refractivity contribution is 0.0945. The molecule has 0 unspecified atom stereocenters. The van der Waals surface area contributed by atoms with Crippen LogP contribution in [0, 0.1) is 0 Å². The lowest BCUT2D eigenvalue weighted by Crippen LogP contribution is -2.26. The molecule has 136 valence electrons. The van der Waals surface area contributed by atoms with Crippen LogP contribution in [0.5, 0.6) is 0 Å². The van der Waals surface area contributed by atoms with Crippen LogP contribution in [-0.2, 0) is 0 Å². The molecule has 0 bridgehead atoms. The highest BCUT2D eigenvalue weighted by atomic mass is 35.5. The zero-order chi connectivity index (χ0) is 18.4. The lowest BCUT2D eigenvalue weighted by Gasteiger charge is -2.08. The number of halogens is 1. The molecule has 0 saturated heterocycles. The molecule has 0 aliphatic rings. The number of hydrogen-bond donors (Lipinski definition) is 1. The minimum atomic E-state index is -0.151. The molecule has 1 N–H and O–H groups in total. The third-order valence-electron chi connectivity index (χ3n) is 4.10. The van der Waals surface area contributed by atoms with Gasteiger partial charge in [0.15, 0.2) is 5.76 Å². The number of rotatable bonds is 8. The van der Waals surface area contributed by atoms with Crippen LogP contribution in [0.15, 0.2) is 53.1 Å². The van der Waals surface area contributed by atoms with Gasteiger partial charge in [0.05, 0.1) is 12.0 Å². The molecule has 5 nitrogen and oxygen atoms in total. The van der Waals surface area contributed by atoms with E-state index in [1.165, 1.54) is 12.8 Å². The summed E-state index contributed by atoms with van der Waals surface area (Å²) in [6.07, 6.45) is 6.03. The minimum Gasteiger partial charge on any atom is -0.463 e. The fraction of sp³-hybridized carbons (Fsp3) is 0.300. The zero-order valence-electron chi connectivity index (χ0n) is 14.7. The molecule has 26 heavy (non-hydrogen) atoms. The second-order valence-electron chi connectivity index (χ2n) is 6.10. The first-order valence-corrected chi connectivity index (χ1v) is 9.25. The van der Waals surface area contributed by atoms with Gasteiger partial charge in [-0.05, 0) is 42.8 Å². The molecule has 1 amide bonds. The summed E-state index contributed by atoms with van der Waals surface area (Å²) in [7, 11) is 0. The molecule has 3 aromatic rings. The Balaban J connectivity index is 1.84. The number of carbonyl (C=O) groups excluding carboxylic acids is 1. The van der Waals surface area contributed by atoms with Gasteiger partial charge in [-0.25, -0.2) is 4.68 Å². The van der Waals surface area contributed by atoms with E-state index in [9.17, 15) is 4.79 Å². The first-order chi connectivity index (χ1) is 12.7. The van der Waals surface area contributed by atoms with E-state index in [0.29, 0.717) is 28.7 Å². The van der Waals surface area contributed by atoms with E-state index in [1.54, 1.807) is 35.2 Å². The number of benzene rings is 1. The number of furan rings is 1. The van der Waals surface area contributed by atoms with Gasteiger partial charge in [0.25, 0.3) is 5.91 Å². The monoisotopic (exact) mass is 371 g/mol. The summed E-state index contributed by atoms with van der Waals surface area (Å²) in [6.45, 7) is 2.82. The predicted octanol–water partition coefficient (Wildman–Crippen LogP) is 5.10. The quantitative estimate of drug-likeness (QED) is 0.560. The summed E-state index contributed by atoms with van der Waals surface area (Å²) >= 11 is 5.97. The van der Waals surface area contributed by atoms with Gasteiger partial charge in [0.2, 0.25) is 0 Å². The van der Waals surface area contributed by atoms with Crippen LogP contribution in [0.4, 0.5) is 0 Å². The van der Waals surface area contributed by atoms with Gasteiger partial charge in [-0.3, -0.25) is 4.79 Å². The van der Waals surface area contributed by atoms with Crippen molar-refractivity contribution in [1.82, 2.24) is 15.1 Å². The molecule has 3 rings (SSSR count). The van der Waals surface area contributed by atoms with Crippen molar-refractivity contribution in [2.75, 3.05) is 6.54 Å². The predicted molar refractivity (Wildman–Crippen MR) is 103 cm³/mol. The minimum absolute atomic E-state index is 0.151. The average molecular weight is 372 g/mol. The smallest absolute Gasteiger partial charge is 0.270 e. The van der Waals surface area contributed by atoms with Crippen LogP contribution in [0.2, 0.25) is 5.02 Å². The SMILES string of the molecule is CCCCCCNC(=O)c1cc(-c2ccco2)nn1-c1ccc(Cl)cc1. The molecule has 0 aliphatic carbocycles. The first-order valence-electron chi connectivity index (χ1n) is 8.87. The first kappa shape index (κ1) is 18.3. The number of unbranched alkanes of at least 4 members (excludes halogenated alkanes) is 3. The highest BCUT2D eigenvalue weighted by Crippen LogP contribution is 2.23. The van der Waals surface area contributed by atoms with Crippen LogP contribution < -0.4 is 5.32 Å². The number of aromatic nitrogens is 2. The second kappa shape index (κ2) is 8.72. The molecule has 0 fully saturated rings. The Hall–Kier alpha value is -2.53. The summed E-state index contributed by atoms with van der Waals surface area (Å²) in [4.78, 5) is 12.7. The number of amides is 1. The van der Waals surface area contributed by atoms with Crippen molar-refractivity contribution < 1.29 is 9.21 Å². The topological polar surface area (TPSA) is 60.1 Å². The summed E-state index contributed by atoms with van der Waals surface area (Å²) < 4.78 is 7.04. The van der Waals surface area contributed by atoms with E-state index in [0.717, 1.165) is 18.5 Å². The van der Waals surface area contributed by atoms with Crippen molar-refractivity contribution in [1.29, 1.82) is 0 Å². The Kier molecular flexibility index (Phi) is 6.12. The van der Waals surface area contributed by atoms with E-state index < -0.39 is 0 Å². The molecule has 1 aromatic carbocycles. The molecule has 2 heterocycles. The van der Waals surface area contributed by atoms with Crippen molar-refractivity contribution in [3.63, 3.8) is 0 Å². The molecule has 0 aliphatic heterocycles. The molecule has 0 saturated carbocycles. The normalized spacial score (nSPS) is 10.8. The van der Waals surface area contributed by atoms with Gasteiger partial charge in [-0.2, -0.15) is 5.10 Å². The lowest BCUT2D eigenvalue weighted by atomic mass is 10.2. The molecule has 2 aromatic heterocycles. The molecule has 0 radical (unpaired) electrons. The zero-order valence-corrected chi connectivity index (χ0v) is 15.5. The maximum absolute atomic E-state index is 12.7. The van der Waals surface area contributed by atoms with Gasteiger partial charge in [0.1, 0.15) is 11.4 Å². The summed E-state index contributed by atoms with van der Waals surface area (Å²) in [5.41, 5.74) is 1.85. The average Bonchev–Trinajstić information content (AvgIpc) is 3.31. The van der Waals surface area contributed by atoms with Crippen molar-refractivity contribution in [3.05, 3.63) is 59.4 Å². The van der Waals surface area contributed by atoms with Crippen molar-refractivity contribution >= 4 is 17.5 Å². The van der Waals surface area contributed by atoms with E-state index in [-0.39, 0.29) is 5.91 Å². The Morgan fingerprint density at radius 2 is 2.00 bits per heavy atom. The van der Waals surface area contributed by atoms with Crippen molar-refractivity contribution in [3.8, 4) is 17.1 Å². The Morgan fingerprint density at radius 1 is 1.19 bits per heavy atom. The fourth-order valence-corrected chi connectivity index (χ4v) is 2.84. The molecule has 0 spiro atoms. The fourth-order valence-electron chi connectivity index (χ4n) is 2.71. The standard InChI is InChI=1S/C20H22ClN3O2/c1-2-3-4-5-12-22-20(25)18-14-17(19-7-6-13-26-19)23-24(18)16-10-8-15(21)9-11-16/h6-11,13-14H,2-5,12H2,1H3,(H,22,25). The van der Waals surface area contributed by atoms with Gasteiger partial charge < -0.3 is 9.73 Å². The highest BCUT2D eigenvalue weighted by Gasteiger charge is 2.18. The third kappa shape index (κ3) is 4.35. The molecule has 0 atom stereocenters. The van der Waals surface area contributed by atoms with E-state index in [4.69, 9.17) is 16.0 Å². The van der Waals surface area contributed by atoms with Crippen LogP contribution in [0.3, 0.4) is 0 Å². The number of nitrogens with zero attached hydrogens (tertiary/aromatic N) is 2. The van der Waals surface area contributed by atoms with Crippen molar-refractivity contribution in [2.24, 2.45) is 0 Å². The summed E-state index contributed by atoms with van der Waals surface area (Å²) in [5.74, 6) is 0.469. The molecular weight excluding hydrogens is 350 g/mol. The van der Waals surface area contributed by atoms with Crippen molar-refractivity contribution in [2.45, 2.75) is 32.6 Å². The molecule has 6 heteroatoms. The summed E-state index contributed by atoms with van der Waals surface area (Å²) in [5, 5.41) is 8.17. The van der Waals surface area contributed by atoms with E-state index >= 15 is 0 Å². The number of carbonyl (C=O) groups is 1. The highest BCUT2D eigenvalue weighted by molar-refractivity contribution is 6.30. The van der Waals surface area contributed by atoms with E-state index in [2.05, 4.69) is 17.3 Å². The summed E-state index contributed by atoms with van der Waals surface area (Å²) in [6, 6.07) is 12.6. The number of nitrogens with one attached hydrogen (secondary N) is 1. The van der Waals surface area contributed by atoms with E-state index in [1.807, 2.05) is 18.2 Å². The van der Waals surface area contributed by atoms with Crippen LogP contribution in [-0.4, -0.2) is 22.2 Å². The van der Waals surface area contributed by atoms with Gasteiger partial charge in [-0.1, -0.05) is 37.8 Å². The second-order valence-corrected chi connectivity index (χ2v) is 6.53. The Labute approximate surface area is 158 Å². The third-order valence-corrected chi connectivity index (χ3v) is 4.35. The molecular formula is C20H22ClN3O2. The largest absolute Gasteiger partial charge is 0.463 e.